The Balaban J connectivity index is 0.000000980. The summed E-state index contributed by atoms with van der Waals surface area (Å²) in [4.78, 5) is 0. The third kappa shape index (κ3) is 2.48. The predicted molar refractivity (Wildman–Crippen MR) is 62.8 cm³/mol. The van der Waals surface area contributed by atoms with Crippen molar-refractivity contribution in [2.24, 2.45) is 0 Å². The van der Waals surface area contributed by atoms with Gasteiger partial charge in [0.2, 0.25) is 0 Å². The fourth-order valence-electron chi connectivity index (χ4n) is 1.73. The van der Waals surface area contributed by atoms with Crippen LogP contribution in [0.5, 0.6) is 0 Å². The van der Waals surface area contributed by atoms with E-state index in [9.17, 15) is 5.11 Å². The monoisotopic (exact) mass is 277 g/mol. The molecular weight excluding hydrogens is 265 g/mol. The fourth-order valence-corrected chi connectivity index (χ4v) is 2.15. The van der Waals surface area contributed by atoms with Gasteiger partial charge in [0, 0.05) is 4.47 Å². The maximum atomic E-state index is 9.66. The van der Waals surface area contributed by atoms with Crippen LogP contribution in [0.25, 0.3) is 0 Å². The largest absolute Gasteiger partial charge is 0.391 e. The molecule has 1 aliphatic heterocycles. The second kappa shape index (κ2) is 5.12. The number of nitrogens with one attached hydrogen (secondary N) is 1. The van der Waals surface area contributed by atoms with E-state index < -0.39 is 0 Å². The van der Waals surface area contributed by atoms with Crippen molar-refractivity contribution >= 4 is 28.3 Å². The molecule has 1 saturated heterocycles. The molecule has 0 bridgehead atoms. The maximum Gasteiger partial charge on any atom is 0.0747 e. The predicted octanol–water partition coefficient (Wildman–Crippen LogP) is 2.27. The molecule has 2 rings (SSSR count). The van der Waals surface area contributed by atoms with Crippen LogP contribution in [0.2, 0.25) is 0 Å². The number of benzene rings is 1. The van der Waals surface area contributed by atoms with Crippen LogP contribution in [0.1, 0.15) is 18.0 Å². The summed E-state index contributed by atoms with van der Waals surface area (Å²) >= 11 is 3.42. The molecule has 0 amide bonds. The lowest BCUT2D eigenvalue weighted by atomic mass is 10.0. The van der Waals surface area contributed by atoms with Crippen molar-refractivity contribution in [1.29, 1.82) is 0 Å². The Morgan fingerprint density at radius 1 is 1.43 bits per heavy atom. The molecule has 2 nitrogen and oxygen atoms in total. The van der Waals surface area contributed by atoms with Gasteiger partial charge in [-0.15, -0.1) is 12.4 Å². The molecule has 0 aliphatic carbocycles. The van der Waals surface area contributed by atoms with Crippen LogP contribution >= 0.6 is 28.3 Å². The molecule has 0 saturated carbocycles. The Morgan fingerprint density at radius 3 is 2.79 bits per heavy atom. The molecular formula is C10H13BrClNO. The summed E-state index contributed by atoms with van der Waals surface area (Å²) in [5, 5.41) is 12.9. The van der Waals surface area contributed by atoms with Gasteiger partial charge in [-0.3, -0.25) is 0 Å². The average Bonchev–Trinajstić information content (AvgIpc) is 2.51. The van der Waals surface area contributed by atoms with Gasteiger partial charge in [-0.2, -0.15) is 0 Å². The fraction of sp³-hybridized carbons (Fsp3) is 0.400. The summed E-state index contributed by atoms with van der Waals surface area (Å²) in [5.41, 5.74) is 1.15. The van der Waals surface area contributed by atoms with E-state index in [-0.39, 0.29) is 24.6 Å². The van der Waals surface area contributed by atoms with Gasteiger partial charge in [-0.05, 0) is 30.7 Å². The van der Waals surface area contributed by atoms with Crippen LogP contribution in [0.15, 0.2) is 28.7 Å². The molecule has 1 aromatic carbocycles. The Morgan fingerprint density at radius 2 is 2.21 bits per heavy atom. The zero-order chi connectivity index (χ0) is 9.26. The van der Waals surface area contributed by atoms with Crippen molar-refractivity contribution in [1.82, 2.24) is 5.32 Å². The first kappa shape index (κ1) is 12.0. The summed E-state index contributed by atoms with van der Waals surface area (Å²) in [6, 6.07) is 8.18. The molecule has 2 N–H and O–H groups in total. The second-order valence-electron chi connectivity index (χ2n) is 3.34. The first-order valence-electron chi connectivity index (χ1n) is 4.44. The molecule has 1 fully saturated rings. The minimum absolute atomic E-state index is 0. The smallest absolute Gasteiger partial charge is 0.0747 e. The molecule has 4 heteroatoms. The van der Waals surface area contributed by atoms with E-state index in [2.05, 4.69) is 21.2 Å². The van der Waals surface area contributed by atoms with Gasteiger partial charge in [-0.25, -0.2) is 0 Å². The van der Waals surface area contributed by atoms with Crippen LogP contribution in [-0.4, -0.2) is 17.8 Å². The van der Waals surface area contributed by atoms with E-state index in [0.717, 1.165) is 23.0 Å². The highest BCUT2D eigenvalue weighted by atomic mass is 79.9. The number of aliphatic hydroxyl groups excluding tert-OH is 1. The van der Waals surface area contributed by atoms with Crippen molar-refractivity contribution in [3.63, 3.8) is 0 Å². The summed E-state index contributed by atoms with van der Waals surface area (Å²) < 4.78 is 1.06. The quantitative estimate of drug-likeness (QED) is 0.826. The second-order valence-corrected chi connectivity index (χ2v) is 4.26. The van der Waals surface area contributed by atoms with Crippen molar-refractivity contribution in [2.75, 3.05) is 6.54 Å². The van der Waals surface area contributed by atoms with Crippen LogP contribution in [0, 0.1) is 0 Å². The third-order valence-electron chi connectivity index (χ3n) is 2.40. The lowest BCUT2D eigenvalue weighted by Gasteiger charge is -2.15. The van der Waals surface area contributed by atoms with E-state index in [1.807, 2.05) is 24.3 Å². The van der Waals surface area contributed by atoms with Crippen LogP contribution in [-0.2, 0) is 0 Å². The number of aliphatic hydroxyl groups is 1. The SMILES string of the molecule is Cl.O[C@@H]1CCN[C@@H]1c1cccc(Br)c1. The van der Waals surface area contributed by atoms with Gasteiger partial charge in [0.25, 0.3) is 0 Å². The van der Waals surface area contributed by atoms with Gasteiger partial charge in [0.15, 0.2) is 0 Å². The molecule has 1 heterocycles. The van der Waals surface area contributed by atoms with E-state index in [1.54, 1.807) is 0 Å². The number of hydrogen-bond donors (Lipinski definition) is 2. The molecule has 0 aromatic heterocycles. The molecule has 78 valence electrons. The van der Waals surface area contributed by atoms with Gasteiger partial charge in [0.1, 0.15) is 0 Å². The zero-order valence-corrected chi connectivity index (χ0v) is 10.0. The summed E-state index contributed by atoms with van der Waals surface area (Å²) in [5.74, 6) is 0. The summed E-state index contributed by atoms with van der Waals surface area (Å²) in [7, 11) is 0. The summed E-state index contributed by atoms with van der Waals surface area (Å²) in [6.45, 7) is 0.901. The molecule has 0 radical (unpaired) electrons. The highest BCUT2D eigenvalue weighted by Crippen LogP contribution is 2.25. The Hall–Kier alpha value is -0.0900. The van der Waals surface area contributed by atoms with Crippen molar-refractivity contribution in [3.8, 4) is 0 Å². The minimum Gasteiger partial charge on any atom is -0.391 e. The molecule has 1 aliphatic rings. The van der Waals surface area contributed by atoms with E-state index in [0.29, 0.717) is 0 Å². The van der Waals surface area contributed by atoms with Crippen LogP contribution < -0.4 is 5.32 Å². The summed E-state index contributed by atoms with van der Waals surface area (Å²) in [6.07, 6.45) is 0.603. The van der Waals surface area contributed by atoms with E-state index >= 15 is 0 Å². The van der Waals surface area contributed by atoms with Crippen molar-refractivity contribution in [3.05, 3.63) is 34.3 Å². The van der Waals surface area contributed by atoms with E-state index in [4.69, 9.17) is 0 Å². The Bertz CT molecular complexity index is 308. The van der Waals surface area contributed by atoms with Crippen molar-refractivity contribution in [2.45, 2.75) is 18.6 Å². The van der Waals surface area contributed by atoms with Crippen LogP contribution in [0.4, 0.5) is 0 Å². The van der Waals surface area contributed by atoms with Gasteiger partial charge in [-0.1, -0.05) is 28.1 Å². The molecule has 0 spiro atoms. The Kier molecular flexibility index (Phi) is 4.38. The van der Waals surface area contributed by atoms with Gasteiger partial charge >= 0.3 is 0 Å². The number of hydrogen-bond acceptors (Lipinski definition) is 2. The molecule has 2 atom stereocenters. The van der Waals surface area contributed by atoms with E-state index in [1.165, 1.54) is 0 Å². The topological polar surface area (TPSA) is 32.3 Å². The lowest BCUT2D eigenvalue weighted by Crippen LogP contribution is -2.20. The Labute approximate surface area is 98.3 Å². The third-order valence-corrected chi connectivity index (χ3v) is 2.89. The number of halogens is 2. The average molecular weight is 279 g/mol. The van der Waals surface area contributed by atoms with Gasteiger partial charge < -0.3 is 10.4 Å². The minimum atomic E-state index is -0.241. The normalized spacial score (nSPS) is 25.9. The highest BCUT2D eigenvalue weighted by Gasteiger charge is 2.25. The molecule has 1 aromatic rings. The standard InChI is InChI=1S/C10H12BrNO.ClH/c11-8-3-1-2-7(6-8)10-9(13)4-5-12-10;/h1-3,6,9-10,12-13H,4-5H2;1H/t9-,10-;/m1./s1. The van der Waals surface area contributed by atoms with Crippen molar-refractivity contribution < 1.29 is 5.11 Å². The number of rotatable bonds is 1. The van der Waals surface area contributed by atoms with Crippen LogP contribution in [0.3, 0.4) is 0 Å². The highest BCUT2D eigenvalue weighted by molar-refractivity contribution is 9.10. The maximum absolute atomic E-state index is 9.66. The molecule has 14 heavy (non-hydrogen) atoms. The molecule has 0 unspecified atom stereocenters. The lowest BCUT2D eigenvalue weighted by molar-refractivity contribution is 0.160. The first-order valence-corrected chi connectivity index (χ1v) is 5.23. The van der Waals surface area contributed by atoms with Gasteiger partial charge in [0.05, 0.1) is 12.1 Å². The first-order chi connectivity index (χ1) is 6.27. The zero-order valence-electron chi connectivity index (χ0n) is 7.61.